The van der Waals surface area contributed by atoms with Gasteiger partial charge in [0.15, 0.2) is 0 Å². The van der Waals surface area contributed by atoms with Gasteiger partial charge in [0.1, 0.15) is 6.04 Å². The van der Waals surface area contributed by atoms with Crippen molar-refractivity contribution in [1.82, 2.24) is 5.32 Å². The van der Waals surface area contributed by atoms with Gasteiger partial charge in [-0.05, 0) is 0 Å². The Morgan fingerprint density at radius 3 is 1.94 bits per heavy atom. The third-order valence-corrected chi connectivity index (χ3v) is 2.52. The number of carbonyl (C=O) groups is 3. The monoisotopic (exact) mass is 346 g/mol. The van der Waals surface area contributed by atoms with E-state index in [1.54, 1.807) is 0 Å². The van der Waals surface area contributed by atoms with Gasteiger partial charge in [-0.2, -0.15) is 12.6 Å². The first-order chi connectivity index (χ1) is 8.26. The predicted octanol–water partition coefficient (Wildman–Crippen LogP) is -1.39. The van der Waals surface area contributed by atoms with Crippen LogP contribution in [0, 0.1) is 0 Å². The molecular formula is C9H18N2O5SSe. The quantitative estimate of drug-likeness (QED) is 0.298. The molecule has 106 valence electrons. The van der Waals surface area contributed by atoms with Gasteiger partial charge in [-0.15, -0.1) is 0 Å². The number of thiol groups is 1. The molecule has 7 nitrogen and oxygen atoms in total. The SMILES string of the molecule is CC(=O)N[C@@H](CS)C(=O)O.N[C@@H](CC[SeH])C(=O)O. The Morgan fingerprint density at radius 2 is 1.83 bits per heavy atom. The number of nitrogens with two attached hydrogens (primary N) is 1. The standard InChI is InChI=1S/C5H9NO3S.C4H9NO2Se/c1-3(7)6-4(2-10)5(8)9;5-3(1-2-8)4(6)7/h4,10H,2H2,1H3,(H,6,7)(H,8,9);3,8H,1-2,5H2,(H,6,7)/t4-;3-/m00/s1. The second-order valence-corrected chi connectivity index (χ2v) is 4.53. The van der Waals surface area contributed by atoms with Gasteiger partial charge in [0.25, 0.3) is 0 Å². The van der Waals surface area contributed by atoms with E-state index in [0.29, 0.717) is 6.42 Å². The summed E-state index contributed by atoms with van der Waals surface area (Å²) in [4.78, 5) is 30.5. The molecule has 0 saturated heterocycles. The first-order valence-electron chi connectivity index (χ1n) is 4.96. The summed E-state index contributed by atoms with van der Waals surface area (Å²) < 4.78 is 0. The number of hydrogen-bond donors (Lipinski definition) is 5. The minimum atomic E-state index is -1.06. The van der Waals surface area contributed by atoms with Gasteiger partial charge in [-0.1, -0.05) is 0 Å². The van der Waals surface area contributed by atoms with Crippen LogP contribution in [0.3, 0.4) is 0 Å². The van der Waals surface area contributed by atoms with Crippen LogP contribution in [0.4, 0.5) is 0 Å². The van der Waals surface area contributed by atoms with Gasteiger partial charge < -0.3 is 10.4 Å². The second-order valence-electron chi connectivity index (χ2n) is 3.23. The number of carboxylic acids is 2. The van der Waals surface area contributed by atoms with Gasteiger partial charge in [-0.3, -0.25) is 4.79 Å². The molecular weight excluding hydrogens is 327 g/mol. The average Bonchev–Trinajstić information content (AvgIpc) is 2.26. The summed E-state index contributed by atoms with van der Waals surface area (Å²) in [6, 6.07) is -1.56. The molecule has 9 heteroatoms. The number of amides is 1. The number of aliphatic carboxylic acids is 2. The second kappa shape index (κ2) is 11.3. The van der Waals surface area contributed by atoms with E-state index in [-0.39, 0.29) is 11.7 Å². The minimum absolute atomic E-state index is 0.106. The maximum absolute atomic E-state index is 10.3. The molecule has 0 heterocycles. The average molecular weight is 345 g/mol. The van der Waals surface area contributed by atoms with E-state index >= 15 is 0 Å². The van der Waals surface area contributed by atoms with Gasteiger partial charge in [0, 0.05) is 12.7 Å². The van der Waals surface area contributed by atoms with Crippen molar-refractivity contribution in [3.05, 3.63) is 0 Å². The molecule has 0 aromatic carbocycles. The normalized spacial score (nSPS) is 12.7. The molecule has 1 amide bonds. The zero-order chi connectivity index (χ0) is 14.7. The molecule has 0 rings (SSSR count). The van der Waals surface area contributed by atoms with Crippen LogP contribution in [-0.4, -0.2) is 61.9 Å². The number of carboxylic acid groups (broad SMARTS) is 2. The molecule has 0 saturated carbocycles. The van der Waals surface area contributed by atoms with Gasteiger partial charge in [0.05, 0.1) is 0 Å². The Bertz CT molecular complexity index is 290. The zero-order valence-electron chi connectivity index (χ0n) is 9.87. The molecule has 0 spiro atoms. The van der Waals surface area contributed by atoms with Crippen LogP contribution in [0.1, 0.15) is 13.3 Å². The van der Waals surface area contributed by atoms with E-state index in [4.69, 9.17) is 15.9 Å². The van der Waals surface area contributed by atoms with Crippen molar-refractivity contribution in [2.24, 2.45) is 5.73 Å². The molecule has 0 bridgehead atoms. The van der Waals surface area contributed by atoms with Gasteiger partial charge in [-0.25, -0.2) is 4.79 Å². The molecule has 0 aromatic heterocycles. The Kier molecular flexibility index (Phi) is 12.3. The third-order valence-electron chi connectivity index (χ3n) is 1.62. The van der Waals surface area contributed by atoms with Crippen LogP contribution in [0.5, 0.6) is 0 Å². The Balaban J connectivity index is 0. The van der Waals surface area contributed by atoms with E-state index in [0.717, 1.165) is 5.32 Å². The molecule has 0 unspecified atom stereocenters. The Morgan fingerprint density at radius 1 is 1.33 bits per heavy atom. The Labute approximate surface area is 119 Å². The van der Waals surface area contributed by atoms with E-state index in [1.807, 2.05) is 0 Å². The summed E-state index contributed by atoms with van der Waals surface area (Å²) in [6.45, 7) is 1.26. The first-order valence-corrected chi connectivity index (χ1v) is 6.92. The number of rotatable bonds is 6. The van der Waals surface area contributed by atoms with Gasteiger partial charge in [0.2, 0.25) is 5.91 Å². The van der Waals surface area contributed by atoms with Crippen molar-refractivity contribution in [3.63, 3.8) is 0 Å². The van der Waals surface area contributed by atoms with Crippen LogP contribution in [0.15, 0.2) is 0 Å². The Hall–Kier alpha value is -0.761. The zero-order valence-corrected chi connectivity index (χ0v) is 12.6. The molecule has 0 aromatic rings. The summed E-state index contributed by atoms with van der Waals surface area (Å²) in [5, 5.41) is 19.5. The summed E-state index contributed by atoms with van der Waals surface area (Å²) in [7, 11) is 0. The van der Waals surface area contributed by atoms with Crippen LogP contribution in [0.25, 0.3) is 0 Å². The maximum atomic E-state index is 10.3. The number of hydrogen-bond acceptors (Lipinski definition) is 5. The number of nitrogens with one attached hydrogen (secondary N) is 1. The fourth-order valence-corrected chi connectivity index (χ4v) is 1.52. The van der Waals surface area contributed by atoms with Crippen LogP contribution < -0.4 is 11.1 Å². The fourth-order valence-electron chi connectivity index (χ4n) is 0.693. The molecule has 18 heavy (non-hydrogen) atoms. The van der Waals surface area contributed by atoms with E-state index in [2.05, 4.69) is 34.0 Å². The van der Waals surface area contributed by atoms with Crippen molar-refractivity contribution in [2.45, 2.75) is 30.7 Å². The molecule has 0 aliphatic rings. The van der Waals surface area contributed by atoms with Crippen molar-refractivity contribution in [3.8, 4) is 0 Å². The molecule has 2 atom stereocenters. The number of carbonyl (C=O) groups excluding carboxylic acids is 1. The van der Waals surface area contributed by atoms with Crippen LogP contribution in [-0.2, 0) is 14.4 Å². The summed E-state index contributed by atoms with van der Waals surface area (Å²) in [5.41, 5.74) is 5.12. The third kappa shape index (κ3) is 11.7. The van der Waals surface area contributed by atoms with Crippen molar-refractivity contribution >= 4 is 46.5 Å². The van der Waals surface area contributed by atoms with E-state index in [9.17, 15) is 14.4 Å². The van der Waals surface area contributed by atoms with E-state index < -0.39 is 24.0 Å². The molecule has 0 aliphatic carbocycles. The summed E-state index contributed by atoms with van der Waals surface area (Å²) >= 11 is 6.03. The van der Waals surface area contributed by atoms with Crippen molar-refractivity contribution < 1.29 is 24.6 Å². The molecule has 0 radical (unpaired) electrons. The molecule has 5 N–H and O–H groups in total. The fraction of sp³-hybridized carbons (Fsp3) is 0.667. The van der Waals surface area contributed by atoms with Crippen LogP contribution >= 0.6 is 12.6 Å². The summed E-state index contributed by atoms with van der Waals surface area (Å²) in [5.74, 6) is -2.24. The topological polar surface area (TPSA) is 130 Å². The first kappa shape index (κ1) is 19.6. The van der Waals surface area contributed by atoms with Crippen molar-refractivity contribution in [1.29, 1.82) is 0 Å². The molecule has 0 aliphatic heterocycles. The van der Waals surface area contributed by atoms with Crippen molar-refractivity contribution in [2.75, 3.05) is 5.75 Å². The molecule has 0 fully saturated rings. The van der Waals surface area contributed by atoms with Crippen LogP contribution in [0.2, 0.25) is 5.32 Å². The summed E-state index contributed by atoms with van der Waals surface area (Å²) in [6.07, 6.45) is 0.537. The van der Waals surface area contributed by atoms with Gasteiger partial charge >= 0.3 is 61.4 Å². The predicted molar refractivity (Wildman–Crippen MR) is 71.3 cm³/mol. The van der Waals surface area contributed by atoms with E-state index in [1.165, 1.54) is 6.92 Å².